The zero-order chi connectivity index (χ0) is 11.8. The Morgan fingerprint density at radius 1 is 1.56 bits per heavy atom. The third-order valence-corrected chi connectivity index (χ3v) is 2.97. The van der Waals surface area contributed by atoms with Gasteiger partial charge in [-0.3, -0.25) is 0 Å². The number of hydrogen-bond donors (Lipinski definition) is 1. The number of ether oxygens (including phenoxy) is 1. The van der Waals surface area contributed by atoms with Crippen molar-refractivity contribution in [2.75, 3.05) is 20.3 Å². The van der Waals surface area contributed by atoms with Crippen LogP contribution in [-0.2, 0) is 11.2 Å². The van der Waals surface area contributed by atoms with Gasteiger partial charge in [-0.25, -0.2) is 13.8 Å². The molecule has 1 unspecified atom stereocenters. The maximum absolute atomic E-state index is 11.8. The predicted molar refractivity (Wildman–Crippen MR) is 60.1 cm³/mol. The van der Waals surface area contributed by atoms with E-state index < -0.39 is 13.0 Å². The molecule has 0 radical (unpaired) electrons. The van der Waals surface area contributed by atoms with Crippen LogP contribution < -0.4 is 5.32 Å². The summed E-state index contributed by atoms with van der Waals surface area (Å²) in [5, 5.41) is 6.10. The Morgan fingerprint density at radius 2 is 2.38 bits per heavy atom. The Bertz CT molecular complexity index is 270. The number of aromatic nitrogens is 1. The van der Waals surface area contributed by atoms with E-state index in [1.165, 1.54) is 0 Å². The fraction of sp³-hybridized carbons (Fsp3) is 0.700. The monoisotopic (exact) mass is 250 g/mol. The average molecular weight is 250 g/mol. The van der Waals surface area contributed by atoms with Crippen molar-refractivity contribution in [3.8, 4) is 0 Å². The van der Waals surface area contributed by atoms with Gasteiger partial charge in [0.25, 0.3) is 6.43 Å². The van der Waals surface area contributed by atoms with Crippen LogP contribution in [0.5, 0.6) is 0 Å². The molecular weight excluding hydrogens is 234 g/mol. The van der Waals surface area contributed by atoms with Crippen molar-refractivity contribution >= 4 is 11.3 Å². The number of hydrogen-bond acceptors (Lipinski definition) is 4. The summed E-state index contributed by atoms with van der Waals surface area (Å²) in [6.45, 7) is -0.130. The van der Waals surface area contributed by atoms with Crippen molar-refractivity contribution < 1.29 is 13.5 Å². The van der Waals surface area contributed by atoms with Gasteiger partial charge in [0, 0.05) is 30.6 Å². The normalized spacial score (nSPS) is 13.2. The second kappa shape index (κ2) is 7.65. The summed E-state index contributed by atoms with van der Waals surface area (Å²) >= 11 is 1.60. The molecular formula is C10H16F2N2OS. The topological polar surface area (TPSA) is 34.1 Å². The van der Waals surface area contributed by atoms with E-state index in [1.54, 1.807) is 17.5 Å². The quantitative estimate of drug-likeness (QED) is 0.716. The van der Waals surface area contributed by atoms with Crippen molar-refractivity contribution in [2.24, 2.45) is 0 Å². The van der Waals surface area contributed by atoms with Gasteiger partial charge in [-0.15, -0.1) is 11.3 Å². The van der Waals surface area contributed by atoms with Crippen molar-refractivity contribution in [1.29, 1.82) is 0 Å². The molecule has 0 spiro atoms. The van der Waals surface area contributed by atoms with Crippen molar-refractivity contribution in [2.45, 2.75) is 25.3 Å². The molecule has 3 nitrogen and oxygen atoms in total. The van der Waals surface area contributed by atoms with Crippen LogP contribution in [0.4, 0.5) is 8.78 Å². The highest BCUT2D eigenvalue weighted by molar-refractivity contribution is 7.09. The number of likely N-dealkylation sites (N-methyl/N-ethyl adjacent to an activating group) is 1. The van der Waals surface area contributed by atoms with Gasteiger partial charge >= 0.3 is 0 Å². The molecule has 1 aromatic rings. The lowest BCUT2D eigenvalue weighted by Gasteiger charge is -2.14. The van der Waals surface area contributed by atoms with Gasteiger partial charge in [0.1, 0.15) is 6.61 Å². The van der Waals surface area contributed by atoms with Crippen LogP contribution in [0, 0.1) is 0 Å². The zero-order valence-corrected chi connectivity index (χ0v) is 9.97. The SMILES string of the molecule is CNC(CCOCC(F)F)Cc1nccs1. The molecule has 1 aromatic heterocycles. The van der Waals surface area contributed by atoms with E-state index in [9.17, 15) is 8.78 Å². The van der Waals surface area contributed by atoms with Gasteiger partial charge in [0.05, 0.1) is 5.01 Å². The minimum atomic E-state index is -2.38. The molecule has 0 aliphatic carbocycles. The fourth-order valence-corrected chi connectivity index (χ4v) is 2.01. The largest absolute Gasteiger partial charge is 0.375 e. The molecule has 0 fully saturated rings. The summed E-state index contributed by atoms with van der Waals surface area (Å²) in [6, 6.07) is 0.226. The summed E-state index contributed by atoms with van der Waals surface area (Å²) in [4.78, 5) is 4.18. The van der Waals surface area contributed by atoms with E-state index >= 15 is 0 Å². The van der Waals surface area contributed by atoms with E-state index in [2.05, 4.69) is 10.3 Å². The second-order valence-electron chi connectivity index (χ2n) is 3.37. The highest BCUT2D eigenvalue weighted by Gasteiger charge is 2.09. The van der Waals surface area contributed by atoms with Crippen LogP contribution in [0.1, 0.15) is 11.4 Å². The highest BCUT2D eigenvalue weighted by Crippen LogP contribution is 2.09. The summed E-state index contributed by atoms with van der Waals surface area (Å²) in [7, 11) is 1.85. The van der Waals surface area contributed by atoms with Crippen LogP contribution in [-0.4, -0.2) is 37.7 Å². The Hall–Kier alpha value is -0.590. The van der Waals surface area contributed by atoms with Gasteiger partial charge in [-0.2, -0.15) is 0 Å². The van der Waals surface area contributed by atoms with Crippen molar-refractivity contribution in [3.63, 3.8) is 0 Å². The number of alkyl halides is 2. The first-order valence-electron chi connectivity index (χ1n) is 5.14. The lowest BCUT2D eigenvalue weighted by Crippen LogP contribution is -2.29. The summed E-state index contributed by atoms with van der Waals surface area (Å²) < 4.78 is 28.4. The van der Waals surface area contributed by atoms with E-state index in [0.29, 0.717) is 13.0 Å². The summed E-state index contributed by atoms with van der Waals surface area (Å²) in [5.74, 6) is 0. The third-order valence-electron chi connectivity index (χ3n) is 2.17. The molecule has 6 heteroatoms. The van der Waals surface area contributed by atoms with Crippen LogP contribution in [0.15, 0.2) is 11.6 Å². The lowest BCUT2D eigenvalue weighted by molar-refractivity contribution is 0.0146. The maximum Gasteiger partial charge on any atom is 0.261 e. The first-order valence-corrected chi connectivity index (χ1v) is 6.02. The molecule has 0 amide bonds. The second-order valence-corrected chi connectivity index (χ2v) is 4.35. The van der Waals surface area contributed by atoms with Gasteiger partial charge in [-0.05, 0) is 13.5 Å². The van der Waals surface area contributed by atoms with Crippen LogP contribution in [0.3, 0.4) is 0 Å². The smallest absolute Gasteiger partial charge is 0.261 e. The van der Waals surface area contributed by atoms with Crippen molar-refractivity contribution in [3.05, 3.63) is 16.6 Å². The zero-order valence-electron chi connectivity index (χ0n) is 9.16. The number of nitrogens with zero attached hydrogens (tertiary/aromatic N) is 1. The molecule has 1 heterocycles. The minimum Gasteiger partial charge on any atom is -0.375 e. The standard InChI is InChI=1S/C10H16F2N2OS/c1-13-8(2-4-15-7-9(11)12)6-10-14-3-5-16-10/h3,5,8-9,13H,2,4,6-7H2,1H3. The Labute approximate surface area is 97.8 Å². The Morgan fingerprint density at radius 3 is 2.94 bits per heavy atom. The number of rotatable bonds is 8. The molecule has 0 aliphatic heterocycles. The van der Waals surface area contributed by atoms with Crippen LogP contribution >= 0.6 is 11.3 Å². The van der Waals surface area contributed by atoms with Gasteiger partial charge in [-0.1, -0.05) is 0 Å². The molecule has 0 aliphatic rings. The fourth-order valence-electron chi connectivity index (χ4n) is 1.31. The molecule has 1 atom stereocenters. The highest BCUT2D eigenvalue weighted by atomic mass is 32.1. The van der Waals surface area contributed by atoms with E-state index in [4.69, 9.17) is 4.74 Å². The summed E-state index contributed by atoms with van der Waals surface area (Å²) in [5.41, 5.74) is 0. The Kier molecular flexibility index (Phi) is 6.44. The van der Waals surface area contributed by atoms with Crippen LogP contribution in [0.25, 0.3) is 0 Å². The number of thiazole rings is 1. The third kappa shape index (κ3) is 5.48. The first kappa shape index (κ1) is 13.5. The molecule has 1 N–H and O–H groups in total. The van der Waals surface area contributed by atoms with E-state index in [1.807, 2.05) is 12.4 Å². The molecule has 0 saturated heterocycles. The molecule has 0 saturated carbocycles. The predicted octanol–water partition coefficient (Wildman–Crippen LogP) is 1.95. The molecule has 1 rings (SSSR count). The van der Waals surface area contributed by atoms with Crippen molar-refractivity contribution in [1.82, 2.24) is 10.3 Å². The Balaban J connectivity index is 2.17. The summed E-state index contributed by atoms with van der Waals surface area (Å²) in [6.07, 6.45) is 0.904. The van der Waals surface area contributed by atoms with Gasteiger partial charge < -0.3 is 10.1 Å². The average Bonchev–Trinajstić information content (AvgIpc) is 2.75. The van der Waals surface area contributed by atoms with Gasteiger partial charge in [0.15, 0.2) is 0 Å². The minimum absolute atomic E-state index is 0.226. The van der Waals surface area contributed by atoms with E-state index in [0.717, 1.165) is 11.4 Å². The van der Waals surface area contributed by atoms with E-state index in [-0.39, 0.29) is 6.04 Å². The molecule has 0 bridgehead atoms. The number of nitrogens with one attached hydrogen (secondary N) is 1. The molecule has 92 valence electrons. The lowest BCUT2D eigenvalue weighted by atomic mass is 10.1. The molecule has 16 heavy (non-hydrogen) atoms. The van der Waals surface area contributed by atoms with Gasteiger partial charge in [0.2, 0.25) is 0 Å². The molecule has 0 aromatic carbocycles. The van der Waals surface area contributed by atoms with Crippen LogP contribution in [0.2, 0.25) is 0 Å². The number of halogens is 2. The first-order chi connectivity index (χ1) is 7.72. The maximum atomic E-state index is 11.8.